The SMILES string of the molecule is C/C=C1\CC(C)=C(P)C(C)=C1C. The van der Waals surface area contributed by atoms with Crippen LogP contribution in [0.25, 0.3) is 0 Å². The molecule has 0 saturated heterocycles. The van der Waals surface area contributed by atoms with Gasteiger partial charge in [-0.3, -0.25) is 0 Å². The highest BCUT2D eigenvalue weighted by atomic mass is 31.0. The Hall–Kier alpha value is -0.350. The highest BCUT2D eigenvalue weighted by Gasteiger charge is 2.13. The molecule has 0 bridgehead atoms. The second-order valence-electron chi connectivity index (χ2n) is 3.43. The van der Waals surface area contributed by atoms with Crippen molar-refractivity contribution in [2.24, 2.45) is 0 Å². The Morgan fingerprint density at radius 3 is 2.25 bits per heavy atom. The third-order valence-corrected chi connectivity index (χ3v) is 3.64. The fourth-order valence-corrected chi connectivity index (χ4v) is 1.91. The third kappa shape index (κ3) is 1.54. The highest BCUT2D eigenvalue weighted by Crippen LogP contribution is 2.36. The zero-order chi connectivity index (χ0) is 9.30. The second kappa shape index (κ2) is 3.58. The van der Waals surface area contributed by atoms with E-state index in [9.17, 15) is 0 Å². The van der Waals surface area contributed by atoms with E-state index in [1.165, 1.54) is 27.6 Å². The number of allylic oxidation sites excluding steroid dienone is 6. The van der Waals surface area contributed by atoms with E-state index in [0.29, 0.717) is 0 Å². The molecule has 1 unspecified atom stereocenters. The first-order valence-corrected chi connectivity index (χ1v) is 4.94. The summed E-state index contributed by atoms with van der Waals surface area (Å²) >= 11 is 0. The van der Waals surface area contributed by atoms with Crippen molar-refractivity contribution in [1.29, 1.82) is 0 Å². The molecule has 0 N–H and O–H groups in total. The lowest BCUT2D eigenvalue weighted by molar-refractivity contribution is 1.04. The van der Waals surface area contributed by atoms with Gasteiger partial charge in [-0.1, -0.05) is 11.6 Å². The summed E-state index contributed by atoms with van der Waals surface area (Å²) in [5.41, 5.74) is 5.84. The minimum atomic E-state index is 1.12. The van der Waals surface area contributed by atoms with Gasteiger partial charge >= 0.3 is 0 Å². The summed E-state index contributed by atoms with van der Waals surface area (Å²) in [7, 11) is 2.84. The van der Waals surface area contributed by atoms with Crippen molar-refractivity contribution in [2.45, 2.75) is 34.1 Å². The van der Waals surface area contributed by atoms with E-state index in [4.69, 9.17) is 0 Å². The smallest absolute Gasteiger partial charge is 0.00611 e. The first-order chi connectivity index (χ1) is 5.57. The van der Waals surface area contributed by atoms with Gasteiger partial charge in [-0.25, -0.2) is 0 Å². The molecule has 0 spiro atoms. The summed E-state index contributed by atoms with van der Waals surface area (Å²) in [6.07, 6.45) is 3.35. The standard InChI is InChI=1S/C11H17P/c1-5-10-6-7(2)11(12)9(4)8(10)3/h5H,6,12H2,1-4H3/b10-5+. The molecule has 0 aliphatic heterocycles. The molecule has 0 aromatic rings. The van der Waals surface area contributed by atoms with Crippen molar-refractivity contribution in [2.75, 3.05) is 0 Å². The van der Waals surface area contributed by atoms with Gasteiger partial charge < -0.3 is 0 Å². The molecular formula is C11H17P. The summed E-state index contributed by atoms with van der Waals surface area (Å²) in [4.78, 5) is 0. The molecule has 0 aromatic heterocycles. The summed E-state index contributed by atoms with van der Waals surface area (Å²) in [6, 6.07) is 0. The molecular weight excluding hydrogens is 163 g/mol. The average molecular weight is 180 g/mol. The van der Waals surface area contributed by atoms with E-state index < -0.39 is 0 Å². The Morgan fingerprint density at radius 1 is 1.17 bits per heavy atom. The van der Waals surface area contributed by atoms with Crippen LogP contribution in [0.15, 0.2) is 33.7 Å². The van der Waals surface area contributed by atoms with Crippen LogP contribution >= 0.6 is 9.24 Å². The Morgan fingerprint density at radius 2 is 1.75 bits per heavy atom. The highest BCUT2D eigenvalue weighted by molar-refractivity contribution is 7.23. The van der Waals surface area contributed by atoms with E-state index in [0.717, 1.165) is 6.42 Å². The van der Waals surface area contributed by atoms with Crippen molar-refractivity contribution >= 4 is 9.24 Å². The van der Waals surface area contributed by atoms with Gasteiger partial charge in [0.2, 0.25) is 0 Å². The zero-order valence-electron chi connectivity index (χ0n) is 8.36. The minimum absolute atomic E-state index is 1.12. The van der Waals surface area contributed by atoms with E-state index in [1.807, 2.05) is 0 Å². The lowest BCUT2D eigenvalue weighted by atomic mass is 9.89. The lowest BCUT2D eigenvalue weighted by Gasteiger charge is -2.21. The molecule has 1 heteroatoms. The van der Waals surface area contributed by atoms with Gasteiger partial charge in [0.05, 0.1) is 0 Å². The first kappa shape index (κ1) is 9.74. The van der Waals surface area contributed by atoms with E-state index in [1.54, 1.807) is 0 Å². The van der Waals surface area contributed by atoms with Crippen molar-refractivity contribution in [3.8, 4) is 0 Å². The Bertz CT molecular complexity index is 286. The Balaban J connectivity index is 3.19. The molecule has 0 radical (unpaired) electrons. The molecule has 1 rings (SSSR count). The van der Waals surface area contributed by atoms with Crippen molar-refractivity contribution in [3.63, 3.8) is 0 Å². The summed E-state index contributed by atoms with van der Waals surface area (Å²) in [5, 5.41) is 1.40. The monoisotopic (exact) mass is 180 g/mol. The molecule has 1 atom stereocenters. The van der Waals surface area contributed by atoms with Gasteiger partial charge in [0, 0.05) is 0 Å². The number of hydrogen-bond donors (Lipinski definition) is 0. The van der Waals surface area contributed by atoms with Crippen molar-refractivity contribution in [1.82, 2.24) is 0 Å². The fourth-order valence-electron chi connectivity index (χ4n) is 1.59. The van der Waals surface area contributed by atoms with Gasteiger partial charge in [-0.2, -0.15) is 0 Å². The first-order valence-electron chi connectivity index (χ1n) is 4.36. The minimum Gasteiger partial charge on any atom is -0.105 e. The maximum atomic E-state index is 2.84. The van der Waals surface area contributed by atoms with Gasteiger partial charge in [-0.15, -0.1) is 9.24 Å². The predicted molar refractivity (Wildman–Crippen MR) is 59.2 cm³/mol. The van der Waals surface area contributed by atoms with Crippen LogP contribution in [0.1, 0.15) is 34.1 Å². The quantitative estimate of drug-likeness (QED) is 0.497. The van der Waals surface area contributed by atoms with E-state index in [-0.39, 0.29) is 0 Å². The normalized spacial score (nSPS) is 22.6. The van der Waals surface area contributed by atoms with Crippen LogP contribution < -0.4 is 0 Å². The predicted octanol–water partition coefficient (Wildman–Crippen LogP) is 3.82. The van der Waals surface area contributed by atoms with E-state index in [2.05, 4.69) is 43.0 Å². The molecule has 0 aromatic carbocycles. The Labute approximate surface area is 77.6 Å². The van der Waals surface area contributed by atoms with Crippen LogP contribution in [0.2, 0.25) is 0 Å². The molecule has 0 fully saturated rings. The molecule has 0 nitrogen and oxygen atoms in total. The van der Waals surface area contributed by atoms with Gasteiger partial charge in [0.25, 0.3) is 0 Å². The van der Waals surface area contributed by atoms with E-state index >= 15 is 0 Å². The van der Waals surface area contributed by atoms with Crippen LogP contribution in [0.4, 0.5) is 0 Å². The summed E-state index contributed by atoms with van der Waals surface area (Å²) < 4.78 is 0. The van der Waals surface area contributed by atoms with Crippen LogP contribution in [0.3, 0.4) is 0 Å². The summed E-state index contributed by atoms with van der Waals surface area (Å²) in [6.45, 7) is 8.74. The van der Waals surface area contributed by atoms with Crippen LogP contribution in [-0.4, -0.2) is 0 Å². The number of hydrogen-bond acceptors (Lipinski definition) is 0. The van der Waals surface area contributed by atoms with Crippen molar-refractivity contribution in [3.05, 3.63) is 33.7 Å². The maximum absolute atomic E-state index is 2.84. The molecule has 1 aliphatic rings. The largest absolute Gasteiger partial charge is 0.105 e. The molecule has 0 amide bonds. The van der Waals surface area contributed by atoms with Crippen molar-refractivity contribution < 1.29 is 0 Å². The zero-order valence-corrected chi connectivity index (χ0v) is 9.52. The van der Waals surface area contributed by atoms with Gasteiger partial charge in [-0.05, 0) is 56.1 Å². The molecule has 66 valence electrons. The molecule has 0 heterocycles. The number of rotatable bonds is 0. The summed E-state index contributed by atoms with van der Waals surface area (Å²) in [5.74, 6) is 0. The molecule has 1 aliphatic carbocycles. The average Bonchev–Trinajstić information content (AvgIpc) is 2.08. The van der Waals surface area contributed by atoms with Gasteiger partial charge in [0.1, 0.15) is 0 Å². The second-order valence-corrected chi connectivity index (χ2v) is 4.01. The van der Waals surface area contributed by atoms with Crippen LogP contribution in [-0.2, 0) is 0 Å². The van der Waals surface area contributed by atoms with Gasteiger partial charge in [0.15, 0.2) is 0 Å². The lowest BCUT2D eigenvalue weighted by Crippen LogP contribution is -2.00. The topological polar surface area (TPSA) is 0 Å². The van der Waals surface area contributed by atoms with Crippen LogP contribution in [0.5, 0.6) is 0 Å². The molecule has 0 saturated carbocycles. The Kier molecular flexibility index (Phi) is 2.90. The third-order valence-electron chi connectivity index (χ3n) is 2.71. The molecule has 12 heavy (non-hydrogen) atoms. The maximum Gasteiger partial charge on any atom is -0.00611 e. The van der Waals surface area contributed by atoms with Crippen LogP contribution in [0, 0.1) is 0 Å². The fraction of sp³-hybridized carbons (Fsp3) is 0.455.